The summed E-state index contributed by atoms with van der Waals surface area (Å²) in [6.45, 7) is 3.97. The number of methoxy groups -OCH3 is 1. The normalized spacial score (nSPS) is 10.7. The molecule has 4 nitrogen and oxygen atoms in total. The van der Waals surface area contributed by atoms with Gasteiger partial charge in [0.2, 0.25) is 5.91 Å². The number of nitrogens with one attached hydrogen (secondary N) is 1. The van der Waals surface area contributed by atoms with Crippen molar-refractivity contribution in [3.05, 3.63) is 24.3 Å². The molecule has 0 aromatic heterocycles. The van der Waals surface area contributed by atoms with Gasteiger partial charge in [0.25, 0.3) is 0 Å². The van der Waals surface area contributed by atoms with Crippen LogP contribution < -0.4 is 10.1 Å². The number of hydrogen-bond donors (Lipinski definition) is 1. The fourth-order valence-electron chi connectivity index (χ4n) is 2.32. The number of rotatable bonds is 7. The maximum atomic E-state index is 12.5. The van der Waals surface area contributed by atoms with Crippen molar-refractivity contribution in [2.75, 3.05) is 12.4 Å². The Morgan fingerprint density at radius 1 is 1.35 bits per heavy atom. The summed E-state index contributed by atoms with van der Waals surface area (Å²) >= 11 is 0. The monoisotopic (exact) mass is 274 g/mol. The Hall–Kier alpha value is -2.02. The van der Waals surface area contributed by atoms with Gasteiger partial charge < -0.3 is 10.1 Å². The molecule has 1 rings (SSSR count). The van der Waals surface area contributed by atoms with Crippen LogP contribution in [-0.2, 0) is 4.79 Å². The van der Waals surface area contributed by atoms with Gasteiger partial charge in [-0.05, 0) is 25.0 Å². The van der Waals surface area contributed by atoms with Gasteiger partial charge in [0.05, 0.1) is 13.2 Å². The fraction of sp³-hybridized carbons (Fsp3) is 0.500. The lowest BCUT2D eigenvalue weighted by Crippen LogP contribution is -2.35. The Morgan fingerprint density at radius 2 is 2.00 bits per heavy atom. The van der Waals surface area contributed by atoms with Crippen LogP contribution in [0.4, 0.5) is 5.69 Å². The number of nitriles is 1. The zero-order valence-corrected chi connectivity index (χ0v) is 12.4. The summed E-state index contributed by atoms with van der Waals surface area (Å²) in [5.41, 5.74) is -0.284. The quantitative estimate of drug-likeness (QED) is 0.823. The van der Waals surface area contributed by atoms with Crippen LogP contribution in [0.5, 0.6) is 5.75 Å². The van der Waals surface area contributed by atoms with Crippen molar-refractivity contribution in [2.24, 2.45) is 5.41 Å². The molecule has 108 valence electrons. The van der Waals surface area contributed by atoms with E-state index < -0.39 is 5.41 Å². The van der Waals surface area contributed by atoms with E-state index in [0.29, 0.717) is 24.3 Å². The summed E-state index contributed by atoms with van der Waals surface area (Å²) in [4.78, 5) is 12.5. The molecule has 1 N–H and O–H groups in total. The van der Waals surface area contributed by atoms with Crippen LogP contribution in [0.25, 0.3) is 0 Å². The Labute approximate surface area is 120 Å². The molecule has 1 aromatic carbocycles. The predicted molar refractivity (Wildman–Crippen MR) is 79.5 cm³/mol. The summed E-state index contributed by atoms with van der Waals surface area (Å²) in [6, 6.07) is 9.38. The lowest BCUT2D eigenvalue weighted by molar-refractivity contribution is -0.123. The average molecular weight is 274 g/mol. The minimum absolute atomic E-state index is 0.225. The minimum atomic E-state index is -0.938. The molecule has 1 aromatic rings. The molecule has 1 amide bonds. The summed E-state index contributed by atoms with van der Waals surface area (Å²) < 4.78 is 5.13. The largest absolute Gasteiger partial charge is 0.497 e. The molecule has 0 bridgehead atoms. The van der Waals surface area contributed by atoms with Crippen LogP contribution in [-0.4, -0.2) is 13.0 Å². The number of carbonyl (C=O) groups is 1. The molecule has 0 aliphatic carbocycles. The number of carbonyl (C=O) groups excluding carboxylic acids is 1. The van der Waals surface area contributed by atoms with Crippen LogP contribution in [0.2, 0.25) is 0 Å². The number of nitrogens with zero attached hydrogens (tertiary/aromatic N) is 1. The van der Waals surface area contributed by atoms with Crippen molar-refractivity contribution < 1.29 is 9.53 Å². The van der Waals surface area contributed by atoms with E-state index in [-0.39, 0.29) is 5.91 Å². The molecule has 20 heavy (non-hydrogen) atoms. The zero-order chi connectivity index (χ0) is 15.0. The first-order valence-electron chi connectivity index (χ1n) is 6.98. The Bertz CT molecular complexity index is 485. The summed E-state index contributed by atoms with van der Waals surface area (Å²) in [7, 11) is 1.58. The van der Waals surface area contributed by atoms with Crippen molar-refractivity contribution in [3.63, 3.8) is 0 Å². The first kappa shape index (κ1) is 16.0. The third kappa shape index (κ3) is 3.74. The number of ether oxygens (including phenoxy) is 1. The van der Waals surface area contributed by atoms with Gasteiger partial charge in [-0.3, -0.25) is 4.79 Å². The Kier molecular flexibility index (Phi) is 6.05. The molecule has 0 aliphatic rings. The highest BCUT2D eigenvalue weighted by Crippen LogP contribution is 2.31. The van der Waals surface area contributed by atoms with Crippen molar-refractivity contribution in [1.82, 2.24) is 0 Å². The van der Waals surface area contributed by atoms with Crippen LogP contribution in [0.1, 0.15) is 39.5 Å². The van der Waals surface area contributed by atoms with E-state index >= 15 is 0 Å². The smallest absolute Gasteiger partial charge is 0.244 e. The van der Waals surface area contributed by atoms with Gasteiger partial charge >= 0.3 is 0 Å². The zero-order valence-electron chi connectivity index (χ0n) is 12.4. The Balaban J connectivity index is 2.93. The SMILES string of the molecule is CCCC(C#N)(CCC)C(=O)Nc1cccc(OC)c1. The first-order chi connectivity index (χ1) is 9.61. The van der Waals surface area contributed by atoms with E-state index in [1.807, 2.05) is 26.0 Å². The second kappa shape index (κ2) is 7.54. The molecule has 0 aliphatic heterocycles. The van der Waals surface area contributed by atoms with Crippen LogP contribution >= 0.6 is 0 Å². The van der Waals surface area contributed by atoms with Gasteiger partial charge in [0.1, 0.15) is 11.2 Å². The molecular formula is C16H22N2O2. The molecule has 0 unspecified atom stereocenters. The molecule has 0 atom stereocenters. The van der Waals surface area contributed by atoms with Crippen molar-refractivity contribution in [3.8, 4) is 11.8 Å². The summed E-state index contributed by atoms with van der Waals surface area (Å²) in [5, 5.41) is 12.3. The number of anilines is 1. The molecule has 0 spiro atoms. The van der Waals surface area contributed by atoms with E-state index in [0.717, 1.165) is 12.8 Å². The molecule has 0 fully saturated rings. The Morgan fingerprint density at radius 3 is 2.50 bits per heavy atom. The molecule has 0 saturated heterocycles. The van der Waals surface area contributed by atoms with Gasteiger partial charge in [-0.25, -0.2) is 0 Å². The number of amides is 1. The third-order valence-electron chi connectivity index (χ3n) is 3.33. The fourth-order valence-corrected chi connectivity index (χ4v) is 2.32. The van der Waals surface area contributed by atoms with Gasteiger partial charge in [-0.2, -0.15) is 5.26 Å². The van der Waals surface area contributed by atoms with E-state index in [2.05, 4.69) is 11.4 Å². The highest BCUT2D eigenvalue weighted by molar-refractivity contribution is 5.97. The standard InChI is InChI=1S/C16H22N2O2/c1-4-9-16(12-17,10-5-2)15(19)18-13-7-6-8-14(11-13)20-3/h6-8,11H,4-5,9-10H2,1-3H3,(H,18,19). The average Bonchev–Trinajstić information content (AvgIpc) is 2.47. The highest BCUT2D eigenvalue weighted by atomic mass is 16.5. The summed E-state index contributed by atoms with van der Waals surface area (Å²) in [5.74, 6) is 0.452. The molecule has 0 radical (unpaired) electrons. The molecular weight excluding hydrogens is 252 g/mol. The highest BCUT2D eigenvalue weighted by Gasteiger charge is 2.36. The first-order valence-corrected chi connectivity index (χ1v) is 6.98. The van der Waals surface area contributed by atoms with Crippen LogP contribution in [0.3, 0.4) is 0 Å². The van der Waals surface area contributed by atoms with Crippen molar-refractivity contribution in [1.29, 1.82) is 5.26 Å². The van der Waals surface area contributed by atoms with E-state index in [1.165, 1.54) is 0 Å². The van der Waals surface area contributed by atoms with E-state index in [9.17, 15) is 10.1 Å². The molecule has 0 heterocycles. The van der Waals surface area contributed by atoms with Gasteiger partial charge in [0.15, 0.2) is 0 Å². The van der Waals surface area contributed by atoms with Crippen molar-refractivity contribution in [2.45, 2.75) is 39.5 Å². The van der Waals surface area contributed by atoms with E-state index in [1.54, 1.807) is 19.2 Å². The topological polar surface area (TPSA) is 62.1 Å². The molecule has 4 heteroatoms. The number of hydrogen-bond acceptors (Lipinski definition) is 3. The van der Waals surface area contributed by atoms with Crippen molar-refractivity contribution >= 4 is 11.6 Å². The summed E-state index contributed by atoms with van der Waals surface area (Å²) in [6.07, 6.45) is 2.76. The van der Waals surface area contributed by atoms with E-state index in [4.69, 9.17) is 4.74 Å². The predicted octanol–water partition coefficient (Wildman–Crippen LogP) is 3.74. The molecule has 0 saturated carbocycles. The maximum absolute atomic E-state index is 12.5. The lowest BCUT2D eigenvalue weighted by atomic mass is 9.79. The minimum Gasteiger partial charge on any atom is -0.497 e. The van der Waals surface area contributed by atoms with Gasteiger partial charge in [-0.1, -0.05) is 32.8 Å². The van der Waals surface area contributed by atoms with Gasteiger partial charge in [-0.15, -0.1) is 0 Å². The van der Waals surface area contributed by atoms with Crippen LogP contribution in [0, 0.1) is 16.7 Å². The maximum Gasteiger partial charge on any atom is 0.244 e. The third-order valence-corrected chi connectivity index (χ3v) is 3.33. The second-order valence-corrected chi connectivity index (χ2v) is 4.88. The van der Waals surface area contributed by atoms with Gasteiger partial charge in [0, 0.05) is 11.8 Å². The second-order valence-electron chi connectivity index (χ2n) is 4.88. The lowest BCUT2D eigenvalue weighted by Gasteiger charge is -2.24. The van der Waals surface area contributed by atoms with Crippen LogP contribution in [0.15, 0.2) is 24.3 Å². The number of benzene rings is 1.